The molecule has 2 aromatic rings. The number of hydrogen-bond donors (Lipinski definition) is 1. The first kappa shape index (κ1) is 18.1. The fraction of sp³-hybridized carbons (Fsp3) is 0.214. The first-order chi connectivity index (χ1) is 10.8. The molecular formula is C14H11Cl4N3O2. The highest BCUT2D eigenvalue weighted by Gasteiger charge is 2.15. The molecule has 2 rings (SSSR count). The van der Waals surface area contributed by atoms with E-state index >= 15 is 0 Å². The van der Waals surface area contributed by atoms with Crippen LogP contribution in [0.5, 0.6) is 0 Å². The second kappa shape index (κ2) is 7.53. The fourth-order valence-corrected chi connectivity index (χ4v) is 2.75. The number of carbonyl (C=O) groups excluding carboxylic acids is 1. The minimum Gasteiger partial charge on any atom is -0.348 e. The zero-order valence-electron chi connectivity index (χ0n) is 11.8. The number of carbonyl (C=O) groups is 1. The molecule has 1 atom stereocenters. The van der Waals surface area contributed by atoms with Crippen molar-refractivity contribution < 1.29 is 4.79 Å². The van der Waals surface area contributed by atoms with Gasteiger partial charge in [-0.1, -0.05) is 52.5 Å². The van der Waals surface area contributed by atoms with Crippen LogP contribution in [0.3, 0.4) is 0 Å². The van der Waals surface area contributed by atoms with E-state index in [0.29, 0.717) is 15.6 Å². The van der Waals surface area contributed by atoms with Crippen molar-refractivity contribution in [1.29, 1.82) is 0 Å². The van der Waals surface area contributed by atoms with Crippen molar-refractivity contribution in [1.82, 2.24) is 15.1 Å². The van der Waals surface area contributed by atoms with Gasteiger partial charge in [-0.3, -0.25) is 9.59 Å². The summed E-state index contributed by atoms with van der Waals surface area (Å²) in [6.07, 6.45) is 1.21. The molecule has 1 amide bonds. The molecule has 0 radical (unpaired) electrons. The van der Waals surface area contributed by atoms with Gasteiger partial charge >= 0.3 is 0 Å². The zero-order chi connectivity index (χ0) is 17.1. The average molecular weight is 395 g/mol. The summed E-state index contributed by atoms with van der Waals surface area (Å²) in [5.41, 5.74) is 0.0744. The van der Waals surface area contributed by atoms with E-state index in [1.807, 2.05) is 0 Å². The fourth-order valence-electron chi connectivity index (χ4n) is 1.91. The number of hydrogen-bond acceptors (Lipinski definition) is 3. The van der Waals surface area contributed by atoms with E-state index in [9.17, 15) is 9.59 Å². The highest BCUT2D eigenvalue weighted by molar-refractivity contribution is 6.41. The van der Waals surface area contributed by atoms with Crippen molar-refractivity contribution >= 4 is 52.3 Å². The van der Waals surface area contributed by atoms with Crippen LogP contribution in [-0.2, 0) is 11.3 Å². The Balaban J connectivity index is 2.10. The van der Waals surface area contributed by atoms with Gasteiger partial charge < -0.3 is 5.32 Å². The Hall–Kier alpha value is -1.27. The molecule has 1 aromatic heterocycles. The van der Waals surface area contributed by atoms with E-state index in [-0.39, 0.29) is 22.6 Å². The van der Waals surface area contributed by atoms with Crippen LogP contribution in [0, 0.1) is 0 Å². The second-order valence-electron chi connectivity index (χ2n) is 4.72. The number of nitrogens with one attached hydrogen (secondary N) is 1. The van der Waals surface area contributed by atoms with Crippen molar-refractivity contribution in [2.24, 2.45) is 0 Å². The molecule has 122 valence electrons. The van der Waals surface area contributed by atoms with Gasteiger partial charge in [0.25, 0.3) is 5.56 Å². The molecule has 0 aliphatic carbocycles. The molecule has 1 N–H and O–H groups in total. The summed E-state index contributed by atoms with van der Waals surface area (Å²) >= 11 is 23.4. The quantitative estimate of drug-likeness (QED) is 0.858. The average Bonchev–Trinajstić information content (AvgIpc) is 2.47. The Morgan fingerprint density at radius 3 is 2.61 bits per heavy atom. The number of halogens is 4. The molecule has 9 heteroatoms. The SMILES string of the molecule is C[C@@H](NC(=O)Cn1ncc(Cl)c(Cl)c1=O)c1ccc(Cl)cc1Cl. The van der Waals surface area contributed by atoms with Crippen LogP contribution < -0.4 is 10.9 Å². The molecular weight excluding hydrogens is 384 g/mol. The van der Waals surface area contributed by atoms with E-state index < -0.39 is 11.5 Å². The van der Waals surface area contributed by atoms with Gasteiger partial charge in [-0.25, -0.2) is 4.68 Å². The highest BCUT2D eigenvalue weighted by atomic mass is 35.5. The summed E-state index contributed by atoms with van der Waals surface area (Å²) in [6.45, 7) is 1.48. The molecule has 0 spiro atoms. The van der Waals surface area contributed by atoms with Crippen LogP contribution in [0.4, 0.5) is 0 Å². The predicted molar refractivity (Wildman–Crippen MR) is 91.5 cm³/mol. The zero-order valence-corrected chi connectivity index (χ0v) is 14.8. The minimum atomic E-state index is -0.633. The maximum atomic E-state index is 12.1. The normalized spacial score (nSPS) is 12.0. The van der Waals surface area contributed by atoms with Crippen LogP contribution >= 0.6 is 46.4 Å². The van der Waals surface area contributed by atoms with Crippen LogP contribution in [-0.4, -0.2) is 15.7 Å². The van der Waals surface area contributed by atoms with Gasteiger partial charge in [-0.05, 0) is 24.6 Å². The van der Waals surface area contributed by atoms with E-state index in [2.05, 4.69) is 10.4 Å². The van der Waals surface area contributed by atoms with Gasteiger partial charge in [0.15, 0.2) is 0 Å². The van der Waals surface area contributed by atoms with E-state index in [0.717, 1.165) is 4.68 Å². The lowest BCUT2D eigenvalue weighted by Gasteiger charge is -2.16. The molecule has 1 aromatic carbocycles. The van der Waals surface area contributed by atoms with Gasteiger partial charge in [-0.2, -0.15) is 5.10 Å². The van der Waals surface area contributed by atoms with E-state index in [4.69, 9.17) is 46.4 Å². The summed E-state index contributed by atoms with van der Waals surface area (Å²) in [5.74, 6) is -0.420. The molecule has 0 saturated heterocycles. The van der Waals surface area contributed by atoms with E-state index in [1.165, 1.54) is 6.20 Å². The Kier molecular flexibility index (Phi) is 5.92. The third-order valence-electron chi connectivity index (χ3n) is 3.04. The van der Waals surface area contributed by atoms with Crippen LogP contribution in [0.25, 0.3) is 0 Å². The van der Waals surface area contributed by atoms with Crippen molar-refractivity contribution in [3.63, 3.8) is 0 Å². The lowest BCUT2D eigenvalue weighted by atomic mass is 10.1. The Morgan fingerprint density at radius 2 is 1.96 bits per heavy atom. The van der Waals surface area contributed by atoms with Gasteiger partial charge in [-0.15, -0.1) is 0 Å². The topological polar surface area (TPSA) is 64.0 Å². The maximum absolute atomic E-state index is 12.1. The molecule has 0 saturated carbocycles. The summed E-state index contributed by atoms with van der Waals surface area (Å²) in [4.78, 5) is 23.9. The van der Waals surface area contributed by atoms with E-state index in [1.54, 1.807) is 25.1 Å². The van der Waals surface area contributed by atoms with Crippen LogP contribution in [0.15, 0.2) is 29.2 Å². The Labute approximate surface area is 152 Å². The van der Waals surface area contributed by atoms with Crippen molar-refractivity contribution in [3.8, 4) is 0 Å². The summed E-state index contributed by atoms with van der Waals surface area (Å²) < 4.78 is 0.930. The minimum absolute atomic E-state index is 0.0367. The molecule has 0 aliphatic rings. The first-order valence-corrected chi connectivity index (χ1v) is 7.96. The smallest absolute Gasteiger partial charge is 0.287 e. The van der Waals surface area contributed by atoms with Crippen molar-refractivity contribution in [2.45, 2.75) is 19.5 Å². The van der Waals surface area contributed by atoms with Gasteiger partial charge in [0, 0.05) is 10.0 Å². The van der Waals surface area contributed by atoms with Gasteiger partial charge in [0.05, 0.1) is 17.3 Å². The molecule has 5 nitrogen and oxygen atoms in total. The second-order valence-corrected chi connectivity index (χ2v) is 6.35. The largest absolute Gasteiger partial charge is 0.348 e. The van der Waals surface area contributed by atoms with Crippen LogP contribution in [0.1, 0.15) is 18.5 Å². The first-order valence-electron chi connectivity index (χ1n) is 6.45. The summed E-state index contributed by atoms with van der Waals surface area (Å²) in [6, 6.07) is 4.62. The Morgan fingerprint density at radius 1 is 1.26 bits per heavy atom. The lowest BCUT2D eigenvalue weighted by molar-refractivity contribution is -0.122. The Bertz CT molecular complexity index is 807. The number of benzene rings is 1. The third kappa shape index (κ3) is 4.38. The molecule has 1 heterocycles. The standard InChI is InChI=1S/C14H11Cl4N3O2/c1-7(9-3-2-8(15)4-10(9)16)20-12(22)6-21-14(23)13(18)11(17)5-19-21/h2-5,7H,6H2,1H3,(H,20,22)/t7-/m1/s1. The molecule has 23 heavy (non-hydrogen) atoms. The molecule has 0 bridgehead atoms. The van der Waals surface area contributed by atoms with Crippen molar-refractivity contribution in [3.05, 3.63) is 60.4 Å². The summed E-state index contributed by atoms with van der Waals surface area (Å²) in [5, 5.41) is 7.30. The highest BCUT2D eigenvalue weighted by Crippen LogP contribution is 2.26. The molecule has 0 unspecified atom stereocenters. The molecule has 0 aliphatic heterocycles. The van der Waals surface area contributed by atoms with Gasteiger partial charge in [0.1, 0.15) is 11.6 Å². The van der Waals surface area contributed by atoms with Crippen molar-refractivity contribution in [2.75, 3.05) is 0 Å². The monoisotopic (exact) mass is 393 g/mol. The predicted octanol–water partition coefficient (Wildman–Crippen LogP) is 3.73. The number of amides is 1. The third-order valence-corrected chi connectivity index (χ3v) is 4.35. The summed E-state index contributed by atoms with van der Waals surface area (Å²) in [7, 11) is 0. The number of nitrogens with zero attached hydrogens (tertiary/aromatic N) is 2. The maximum Gasteiger partial charge on any atom is 0.287 e. The number of aromatic nitrogens is 2. The lowest BCUT2D eigenvalue weighted by Crippen LogP contribution is -2.35. The van der Waals surface area contributed by atoms with Gasteiger partial charge in [0.2, 0.25) is 5.91 Å². The van der Waals surface area contributed by atoms with Crippen LogP contribution in [0.2, 0.25) is 20.1 Å². The number of rotatable bonds is 4. The molecule has 0 fully saturated rings.